The van der Waals surface area contributed by atoms with Gasteiger partial charge in [0, 0.05) is 12.6 Å². The Labute approximate surface area is 125 Å². The van der Waals surface area contributed by atoms with Crippen molar-refractivity contribution in [1.29, 1.82) is 0 Å². The summed E-state index contributed by atoms with van der Waals surface area (Å²) in [6, 6.07) is 10.2. The van der Waals surface area contributed by atoms with Gasteiger partial charge in [0.05, 0.1) is 10.6 Å². The fourth-order valence-corrected chi connectivity index (χ4v) is 1.96. The first-order chi connectivity index (χ1) is 9.99. The van der Waals surface area contributed by atoms with Crippen LogP contribution in [0.3, 0.4) is 0 Å². The van der Waals surface area contributed by atoms with Crippen molar-refractivity contribution in [1.82, 2.24) is 5.32 Å². The molecule has 2 aromatic carbocycles. The van der Waals surface area contributed by atoms with Crippen LogP contribution in [0.2, 0.25) is 5.02 Å². The van der Waals surface area contributed by atoms with Crippen LogP contribution in [0.25, 0.3) is 0 Å². The Morgan fingerprint density at radius 1 is 1.19 bits per heavy atom. The van der Waals surface area contributed by atoms with Gasteiger partial charge in [-0.1, -0.05) is 41.9 Å². The van der Waals surface area contributed by atoms with Gasteiger partial charge in [0.25, 0.3) is 5.91 Å². The summed E-state index contributed by atoms with van der Waals surface area (Å²) >= 11 is 5.43. The molecule has 0 aliphatic carbocycles. The summed E-state index contributed by atoms with van der Waals surface area (Å²) in [7, 11) is 0. The van der Waals surface area contributed by atoms with Crippen LogP contribution in [0.4, 0.5) is 8.78 Å². The first kappa shape index (κ1) is 15.4. The Bertz CT molecular complexity index is 650. The molecular formula is C15H13ClF2N2O. The second-order valence-electron chi connectivity index (χ2n) is 4.47. The van der Waals surface area contributed by atoms with Crippen LogP contribution >= 0.6 is 11.6 Å². The molecule has 2 aromatic rings. The molecule has 6 heteroatoms. The van der Waals surface area contributed by atoms with E-state index >= 15 is 0 Å². The average molecular weight is 311 g/mol. The van der Waals surface area contributed by atoms with Gasteiger partial charge >= 0.3 is 0 Å². The van der Waals surface area contributed by atoms with Gasteiger partial charge in [0.2, 0.25) is 0 Å². The summed E-state index contributed by atoms with van der Waals surface area (Å²) in [5, 5.41) is 2.10. The molecule has 3 N–H and O–H groups in total. The summed E-state index contributed by atoms with van der Waals surface area (Å²) in [6.45, 7) is 0.104. The van der Waals surface area contributed by atoms with Crippen LogP contribution < -0.4 is 11.1 Å². The predicted octanol–water partition coefficient (Wildman–Crippen LogP) is 3.05. The number of hydrogen-bond acceptors (Lipinski definition) is 2. The van der Waals surface area contributed by atoms with Gasteiger partial charge < -0.3 is 11.1 Å². The maximum absolute atomic E-state index is 13.6. The highest BCUT2D eigenvalue weighted by molar-refractivity contribution is 6.30. The number of carbonyl (C=O) groups excluding carboxylic acids is 1. The summed E-state index contributed by atoms with van der Waals surface area (Å²) < 4.78 is 26.9. The quantitative estimate of drug-likeness (QED) is 0.853. The second-order valence-corrected chi connectivity index (χ2v) is 4.88. The topological polar surface area (TPSA) is 55.1 Å². The number of nitrogens with one attached hydrogen (secondary N) is 1. The molecule has 21 heavy (non-hydrogen) atoms. The number of carbonyl (C=O) groups is 1. The molecule has 0 saturated carbocycles. The molecular weight excluding hydrogens is 298 g/mol. The number of amides is 1. The molecule has 1 atom stereocenters. The molecule has 0 aliphatic rings. The minimum absolute atomic E-state index is 0.104. The van der Waals surface area contributed by atoms with Crippen LogP contribution in [-0.4, -0.2) is 12.5 Å². The summed E-state index contributed by atoms with van der Waals surface area (Å²) in [6.07, 6.45) is 0. The lowest BCUT2D eigenvalue weighted by molar-refractivity contribution is 0.0946. The Hall–Kier alpha value is -1.98. The zero-order valence-electron chi connectivity index (χ0n) is 10.9. The second kappa shape index (κ2) is 6.65. The van der Waals surface area contributed by atoms with E-state index in [0.29, 0.717) is 0 Å². The Kier molecular flexibility index (Phi) is 4.88. The molecule has 0 spiro atoms. The van der Waals surface area contributed by atoms with E-state index in [9.17, 15) is 13.6 Å². The molecule has 1 amide bonds. The number of benzene rings is 2. The first-order valence-corrected chi connectivity index (χ1v) is 6.60. The molecule has 0 radical (unpaired) electrons. The molecule has 2 rings (SSSR count). The lowest BCUT2D eigenvalue weighted by Crippen LogP contribution is -2.32. The third-order valence-electron chi connectivity index (χ3n) is 2.96. The fourth-order valence-electron chi connectivity index (χ4n) is 1.81. The highest BCUT2D eigenvalue weighted by Crippen LogP contribution is 2.19. The highest BCUT2D eigenvalue weighted by atomic mass is 35.5. The van der Waals surface area contributed by atoms with E-state index in [4.69, 9.17) is 17.3 Å². The van der Waals surface area contributed by atoms with Crippen molar-refractivity contribution in [3.63, 3.8) is 0 Å². The van der Waals surface area contributed by atoms with Crippen LogP contribution in [0.1, 0.15) is 22.0 Å². The molecule has 0 aromatic heterocycles. The highest BCUT2D eigenvalue weighted by Gasteiger charge is 2.16. The largest absolute Gasteiger partial charge is 0.350 e. The van der Waals surface area contributed by atoms with Gasteiger partial charge in [-0.25, -0.2) is 8.78 Å². The predicted molar refractivity (Wildman–Crippen MR) is 77.1 cm³/mol. The minimum Gasteiger partial charge on any atom is -0.350 e. The molecule has 3 nitrogen and oxygen atoms in total. The lowest BCUT2D eigenvalue weighted by atomic mass is 10.1. The van der Waals surface area contributed by atoms with Crippen LogP contribution in [0.15, 0.2) is 42.5 Å². The van der Waals surface area contributed by atoms with Crippen LogP contribution in [0.5, 0.6) is 0 Å². The molecule has 0 bridgehead atoms. The van der Waals surface area contributed by atoms with Crippen molar-refractivity contribution < 1.29 is 13.6 Å². The molecule has 110 valence electrons. The van der Waals surface area contributed by atoms with E-state index in [1.807, 2.05) is 30.3 Å². The molecule has 1 unspecified atom stereocenters. The number of nitrogens with two attached hydrogens (primary N) is 1. The Morgan fingerprint density at radius 2 is 1.86 bits per heavy atom. The van der Waals surface area contributed by atoms with Crippen molar-refractivity contribution in [2.45, 2.75) is 6.04 Å². The van der Waals surface area contributed by atoms with Crippen molar-refractivity contribution in [3.05, 3.63) is 70.2 Å². The van der Waals surface area contributed by atoms with E-state index in [2.05, 4.69) is 5.32 Å². The number of rotatable bonds is 4. The third-order valence-corrected chi connectivity index (χ3v) is 3.25. The van der Waals surface area contributed by atoms with Crippen molar-refractivity contribution in [3.8, 4) is 0 Å². The van der Waals surface area contributed by atoms with Gasteiger partial charge in [0.15, 0.2) is 0 Å². The van der Waals surface area contributed by atoms with E-state index < -0.39 is 29.1 Å². The average Bonchev–Trinajstić information content (AvgIpc) is 2.49. The maximum atomic E-state index is 13.6. The monoisotopic (exact) mass is 310 g/mol. The van der Waals surface area contributed by atoms with E-state index in [1.165, 1.54) is 0 Å². The number of hydrogen-bond donors (Lipinski definition) is 2. The minimum atomic E-state index is -0.882. The molecule has 0 aliphatic heterocycles. The maximum Gasteiger partial charge on any atom is 0.254 e. The van der Waals surface area contributed by atoms with Gasteiger partial charge in [-0.05, 0) is 17.7 Å². The smallest absolute Gasteiger partial charge is 0.254 e. The molecule has 0 saturated heterocycles. The SMILES string of the molecule is NC(CNC(=O)c1cc(F)c(Cl)cc1F)c1ccccc1. The molecule has 0 fully saturated rings. The fraction of sp³-hybridized carbons (Fsp3) is 0.133. The van der Waals surface area contributed by atoms with E-state index in [-0.39, 0.29) is 11.6 Å². The van der Waals surface area contributed by atoms with Crippen molar-refractivity contribution in [2.75, 3.05) is 6.54 Å². The van der Waals surface area contributed by atoms with E-state index in [1.54, 1.807) is 0 Å². The first-order valence-electron chi connectivity index (χ1n) is 6.22. The Balaban J connectivity index is 2.04. The summed E-state index contributed by atoms with van der Waals surface area (Å²) in [4.78, 5) is 11.8. The van der Waals surface area contributed by atoms with Gasteiger partial charge in [-0.15, -0.1) is 0 Å². The lowest BCUT2D eigenvalue weighted by Gasteiger charge is -2.13. The van der Waals surface area contributed by atoms with Gasteiger partial charge in [-0.3, -0.25) is 4.79 Å². The zero-order valence-corrected chi connectivity index (χ0v) is 11.7. The van der Waals surface area contributed by atoms with Gasteiger partial charge in [0.1, 0.15) is 11.6 Å². The Morgan fingerprint density at radius 3 is 2.52 bits per heavy atom. The van der Waals surface area contributed by atoms with Crippen molar-refractivity contribution in [2.24, 2.45) is 5.73 Å². The summed E-state index contributed by atoms with van der Waals surface area (Å²) in [5.41, 5.74) is 6.34. The van der Waals surface area contributed by atoms with Gasteiger partial charge in [-0.2, -0.15) is 0 Å². The number of halogens is 3. The van der Waals surface area contributed by atoms with Crippen molar-refractivity contribution >= 4 is 17.5 Å². The summed E-state index contributed by atoms with van der Waals surface area (Å²) in [5.74, 6) is -2.47. The van der Waals surface area contributed by atoms with E-state index in [0.717, 1.165) is 17.7 Å². The standard InChI is InChI=1S/C15H13ClF2N2O/c16-11-7-12(17)10(6-13(11)18)15(21)20-8-14(19)9-4-2-1-3-5-9/h1-7,14H,8,19H2,(H,20,21). The molecule has 0 heterocycles. The zero-order chi connectivity index (χ0) is 15.4. The third kappa shape index (κ3) is 3.77. The van der Waals surface area contributed by atoms with Crippen LogP contribution in [-0.2, 0) is 0 Å². The van der Waals surface area contributed by atoms with Crippen LogP contribution in [0, 0.1) is 11.6 Å². The normalized spacial score (nSPS) is 12.0.